The maximum Gasteiger partial charge on any atom is 0.220 e. The maximum absolute atomic E-state index is 5.37. The van der Waals surface area contributed by atoms with Crippen molar-refractivity contribution < 1.29 is 0 Å². The molecule has 0 spiro atoms. The fourth-order valence-electron chi connectivity index (χ4n) is 5.53. The molecule has 0 unspecified atom stereocenters. The van der Waals surface area contributed by atoms with E-state index < -0.39 is 0 Å². The molecule has 0 aliphatic carbocycles. The lowest BCUT2D eigenvalue weighted by Gasteiger charge is -2.28. The minimum Gasteiger partial charge on any atom is -0.333 e. The van der Waals surface area contributed by atoms with Crippen LogP contribution in [0.3, 0.4) is 0 Å². The van der Waals surface area contributed by atoms with Crippen LogP contribution in [0.5, 0.6) is 0 Å². The van der Waals surface area contributed by atoms with Crippen molar-refractivity contribution in [3.05, 3.63) is 91.0 Å². The van der Waals surface area contributed by atoms with E-state index in [1.165, 1.54) is 27.3 Å². The number of hydrogen-bond acceptors (Lipinski definition) is 1. The summed E-state index contributed by atoms with van der Waals surface area (Å²) in [5.41, 5.74) is 8.09. The molecule has 0 amide bonds. The predicted molar refractivity (Wildman–Crippen MR) is 142 cm³/mol. The van der Waals surface area contributed by atoms with E-state index in [9.17, 15) is 0 Å². The van der Waals surface area contributed by atoms with Crippen molar-refractivity contribution in [3.63, 3.8) is 0 Å². The lowest BCUT2D eigenvalue weighted by atomic mass is 10.0. The molecule has 4 aromatic carbocycles. The zero-order valence-corrected chi connectivity index (χ0v) is 19.7. The Hall–Kier alpha value is -4.05. The van der Waals surface area contributed by atoms with Gasteiger partial charge in [-0.2, -0.15) is 0 Å². The number of imidazole rings is 2. The van der Waals surface area contributed by atoms with Crippen LogP contribution in [0.2, 0.25) is 0 Å². The second kappa shape index (κ2) is 6.73. The summed E-state index contributed by atoms with van der Waals surface area (Å²) >= 11 is 0. The summed E-state index contributed by atoms with van der Waals surface area (Å²) in [5, 5.41) is 2.55. The largest absolute Gasteiger partial charge is 0.333 e. The highest BCUT2D eigenvalue weighted by atomic mass is 15.2. The molecule has 34 heavy (non-hydrogen) atoms. The van der Waals surface area contributed by atoms with Crippen molar-refractivity contribution in [2.75, 3.05) is 0 Å². The van der Waals surface area contributed by atoms with E-state index in [1.807, 2.05) is 0 Å². The van der Waals surface area contributed by atoms with Gasteiger partial charge in [0.05, 0.1) is 22.1 Å². The van der Waals surface area contributed by atoms with Crippen LogP contribution < -0.4 is 0 Å². The number of hydrogen-bond donors (Lipinski definition) is 0. The lowest BCUT2D eigenvalue weighted by Crippen LogP contribution is -2.24. The highest BCUT2D eigenvalue weighted by Crippen LogP contribution is 2.40. The van der Waals surface area contributed by atoms with Crippen molar-refractivity contribution in [1.29, 1.82) is 0 Å². The maximum atomic E-state index is 5.37. The third kappa shape index (κ3) is 2.40. The topological polar surface area (TPSA) is 27.2 Å². The second-order valence-corrected chi connectivity index (χ2v) is 9.75. The summed E-state index contributed by atoms with van der Waals surface area (Å²) in [7, 11) is 0. The predicted octanol–water partition coefficient (Wildman–Crippen LogP) is 7.68. The van der Waals surface area contributed by atoms with E-state index in [4.69, 9.17) is 4.98 Å². The Kier molecular flexibility index (Phi) is 3.85. The van der Waals surface area contributed by atoms with Crippen LogP contribution in [0.25, 0.3) is 55.3 Å². The van der Waals surface area contributed by atoms with Crippen LogP contribution in [0, 0.1) is 0 Å². The van der Waals surface area contributed by atoms with Crippen molar-refractivity contribution >= 4 is 49.7 Å². The van der Waals surface area contributed by atoms with Crippen molar-refractivity contribution in [2.24, 2.45) is 0 Å². The zero-order chi connectivity index (χ0) is 23.0. The molecule has 0 N–H and O–H groups in total. The van der Waals surface area contributed by atoms with Gasteiger partial charge in [-0.1, -0.05) is 55.5 Å². The first-order chi connectivity index (χ1) is 16.6. The van der Waals surface area contributed by atoms with Crippen LogP contribution in [-0.2, 0) is 5.54 Å². The Labute approximate surface area is 197 Å². The third-order valence-corrected chi connectivity index (χ3v) is 7.49. The quantitative estimate of drug-likeness (QED) is 0.276. The van der Waals surface area contributed by atoms with E-state index in [0.717, 1.165) is 34.4 Å². The molecule has 7 rings (SSSR count). The average Bonchev–Trinajstić information content (AvgIpc) is 3.51. The minimum absolute atomic E-state index is 0.0410. The Bertz CT molecular complexity index is 1860. The van der Waals surface area contributed by atoms with Gasteiger partial charge in [0.2, 0.25) is 5.78 Å². The van der Waals surface area contributed by atoms with E-state index in [0.29, 0.717) is 0 Å². The molecule has 0 saturated carbocycles. The van der Waals surface area contributed by atoms with Gasteiger partial charge in [-0.05, 0) is 62.7 Å². The molecule has 7 aromatic rings. The molecular weight excluding hydrogens is 416 g/mol. The van der Waals surface area contributed by atoms with Crippen LogP contribution in [0.1, 0.15) is 27.2 Å². The van der Waals surface area contributed by atoms with E-state index in [1.54, 1.807) is 0 Å². The zero-order valence-electron chi connectivity index (χ0n) is 19.7. The molecule has 3 heterocycles. The molecular formula is C30H26N4. The summed E-state index contributed by atoms with van der Waals surface area (Å²) in [6, 6.07) is 32.4. The van der Waals surface area contributed by atoms with Gasteiger partial charge in [0.15, 0.2) is 0 Å². The van der Waals surface area contributed by atoms with Crippen molar-refractivity contribution in [1.82, 2.24) is 18.5 Å². The minimum atomic E-state index is -0.0410. The molecule has 0 fully saturated rings. The molecule has 4 nitrogen and oxygen atoms in total. The van der Waals surface area contributed by atoms with E-state index in [2.05, 4.69) is 125 Å². The standard InChI is InChI=1S/C30H26N4/c1-4-30(2,3)34-23-15-9-8-14-21(23)22-18-19-26-27(28(22)34)31-29-32(20-12-6-5-7-13-20)24-16-10-11-17-25(24)33(26)29/h5-19H,4H2,1-3H3. The van der Waals surface area contributed by atoms with Crippen LogP contribution in [0.15, 0.2) is 91.0 Å². The average molecular weight is 443 g/mol. The Balaban J connectivity index is 1.73. The monoisotopic (exact) mass is 442 g/mol. The Morgan fingerprint density at radius 1 is 0.676 bits per heavy atom. The van der Waals surface area contributed by atoms with Gasteiger partial charge >= 0.3 is 0 Å². The van der Waals surface area contributed by atoms with Gasteiger partial charge in [0.25, 0.3) is 0 Å². The molecule has 0 atom stereocenters. The van der Waals surface area contributed by atoms with Gasteiger partial charge in [-0.15, -0.1) is 0 Å². The summed E-state index contributed by atoms with van der Waals surface area (Å²) < 4.78 is 7.11. The first kappa shape index (κ1) is 19.4. The van der Waals surface area contributed by atoms with Crippen molar-refractivity contribution in [3.8, 4) is 5.69 Å². The summed E-state index contributed by atoms with van der Waals surface area (Å²) in [6.07, 6.45) is 1.03. The Morgan fingerprint density at radius 2 is 1.35 bits per heavy atom. The fraction of sp³-hybridized carbons (Fsp3) is 0.167. The van der Waals surface area contributed by atoms with E-state index in [-0.39, 0.29) is 5.54 Å². The molecule has 0 saturated heterocycles. The molecule has 166 valence electrons. The van der Waals surface area contributed by atoms with Gasteiger partial charge < -0.3 is 4.57 Å². The van der Waals surface area contributed by atoms with Gasteiger partial charge in [-0.3, -0.25) is 8.97 Å². The van der Waals surface area contributed by atoms with Gasteiger partial charge in [-0.25, -0.2) is 4.98 Å². The summed E-state index contributed by atoms with van der Waals surface area (Å²) in [5.74, 6) is 0.945. The smallest absolute Gasteiger partial charge is 0.220 e. The van der Waals surface area contributed by atoms with Gasteiger partial charge in [0, 0.05) is 27.5 Å². The summed E-state index contributed by atoms with van der Waals surface area (Å²) in [4.78, 5) is 5.37. The van der Waals surface area contributed by atoms with Crippen molar-refractivity contribution in [2.45, 2.75) is 32.7 Å². The molecule has 3 aromatic heterocycles. The van der Waals surface area contributed by atoms with E-state index >= 15 is 0 Å². The van der Waals surface area contributed by atoms with Crippen LogP contribution in [-0.4, -0.2) is 18.5 Å². The summed E-state index contributed by atoms with van der Waals surface area (Å²) in [6.45, 7) is 6.92. The highest BCUT2D eigenvalue weighted by molar-refractivity contribution is 6.17. The van der Waals surface area contributed by atoms with Crippen LogP contribution >= 0.6 is 0 Å². The molecule has 0 aliphatic rings. The number of nitrogens with zero attached hydrogens (tertiary/aromatic N) is 4. The Morgan fingerprint density at radius 3 is 2.12 bits per heavy atom. The highest BCUT2D eigenvalue weighted by Gasteiger charge is 2.27. The third-order valence-electron chi connectivity index (χ3n) is 7.49. The van der Waals surface area contributed by atoms with Gasteiger partial charge in [0.1, 0.15) is 5.52 Å². The lowest BCUT2D eigenvalue weighted by molar-refractivity contribution is 0.365. The normalized spacial score (nSPS) is 12.7. The molecule has 0 radical (unpaired) electrons. The van der Waals surface area contributed by atoms with Crippen LogP contribution in [0.4, 0.5) is 0 Å². The number of benzene rings is 4. The number of para-hydroxylation sites is 4. The first-order valence-corrected chi connectivity index (χ1v) is 12.0. The number of rotatable bonds is 3. The number of fused-ring (bicyclic) bond motifs is 9. The molecule has 0 aliphatic heterocycles. The fourth-order valence-corrected chi connectivity index (χ4v) is 5.53. The molecule has 0 bridgehead atoms. The second-order valence-electron chi connectivity index (χ2n) is 9.75. The first-order valence-electron chi connectivity index (χ1n) is 12.0. The molecule has 4 heteroatoms. The SMILES string of the molecule is CCC(C)(C)n1c2ccccc2c2ccc3c(nc4n(-c5ccccc5)c5ccccc5n34)c21. The number of aromatic nitrogens is 4.